The first-order chi connectivity index (χ1) is 40.7. The molecule has 382 valence electrons. The van der Waals surface area contributed by atoms with Gasteiger partial charge in [0.1, 0.15) is 0 Å². The van der Waals surface area contributed by atoms with Gasteiger partial charge in [-0.15, -0.1) is 0 Å². The van der Waals surface area contributed by atoms with Gasteiger partial charge in [0.05, 0.1) is 66.9 Å². The van der Waals surface area contributed by atoms with Gasteiger partial charge in [-0.25, -0.2) is 9.97 Å². The van der Waals surface area contributed by atoms with Gasteiger partial charge in [0.2, 0.25) is 0 Å². The third kappa shape index (κ3) is 7.01. The summed E-state index contributed by atoms with van der Waals surface area (Å²) in [5.74, 6) is 0.647. The minimum atomic E-state index is 0.647. The lowest BCUT2D eigenvalue weighted by atomic mass is 9.98. The summed E-state index contributed by atoms with van der Waals surface area (Å²) >= 11 is 0. The van der Waals surface area contributed by atoms with Crippen molar-refractivity contribution in [1.29, 1.82) is 0 Å². The highest BCUT2D eigenvalue weighted by molar-refractivity contribution is 6.21. The van der Waals surface area contributed by atoms with E-state index in [1.807, 2.05) is 0 Å². The van der Waals surface area contributed by atoms with Crippen molar-refractivity contribution >= 4 is 87.2 Å². The van der Waals surface area contributed by atoms with E-state index in [4.69, 9.17) is 9.97 Å². The predicted octanol–water partition coefficient (Wildman–Crippen LogP) is 19.5. The monoisotopic (exact) mass is 1040 g/mol. The van der Waals surface area contributed by atoms with Crippen LogP contribution in [0.5, 0.6) is 0 Å². The van der Waals surface area contributed by atoms with E-state index in [-0.39, 0.29) is 0 Å². The van der Waals surface area contributed by atoms with Gasteiger partial charge in [-0.2, -0.15) is 0 Å². The molecule has 0 spiro atoms. The first-order valence-corrected chi connectivity index (χ1v) is 28.0. The standard InChI is InChI=1S/C76H48N6/c1-5-23-49(24-6-1)64-46-65(50-25-7-2-8-26-50)78-76(77-64)51-41-42-59(71(43-51)82-70-40-22-17-35-58(70)63-45-61-56-33-15-19-37-67(56)80(73(61)48-75(63)82)53-29-11-4-12-30-53)54-31-13-20-38-68(54)81-69-39-21-16-34-57(69)62-44-60-55-32-14-18-36-66(55)79(72(60)47-74(62)81)52-27-9-3-10-28-52/h1-48H. The van der Waals surface area contributed by atoms with E-state index >= 15 is 0 Å². The summed E-state index contributed by atoms with van der Waals surface area (Å²) in [6.45, 7) is 0. The summed E-state index contributed by atoms with van der Waals surface area (Å²) in [6.07, 6.45) is 0. The van der Waals surface area contributed by atoms with Crippen molar-refractivity contribution < 1.29 is 0 Å². The van der Waals surface area contributed by atoms with E-state index in [2.05, 4.69) is 309 Å². The molecule has 6 nitrogen and oxygen atoms in total. The number of hydrogen-bond donors (Lipinski definition) is 0. The van der Waals surface area contributed by atoms with Crippen LogP contribution >= 0.6 is 0 Å². The van der Waals surface area contributed by atoms with Crippen LogP contribution < -0.4 is 0 Å². The molecule has 17 rings (SSSR count). The molecular formula is C76H48N6. The van der Waals surface area contributed by atoms with Crippen LogP contribution in [0, 0.1) is 0 Å². The first kappa shape index (κ1) is 45.9. The fourth-order valence-electron chi connectivity index (χ4n) is 13.2. The van der Waals surface area contributed by atoms with Crippen LogP contribution in [0.15, 0.2) is 291 Å². The van der Waals surface area contributed by atoms with Gasteiger partial charge >= 0.3 is 0 Å². The van der Waals surface area contributed by atoms with Crippen LogP contribution in [0.25, 0.3) is 155 Å². The molecule has 0 radical (unpaired) electrons. The molecule has 0 fully saturated rings. The van der Waals surface area contributed by atoms with Crippen LogP contribution in [0.2, 0.25) is 0 Å². The van der Waals surface area contributed by atoms with Crippen molar-refractivity contribution in [3.05, 3.63) is 291 Å². The van der Waals surface area contributed by atoms with Gasteiger partial charge < -0.3 is 18.3 Å². The fraction of sp³-hybridized carbons (Fsp3) is 0. The van der Waals surface area contributed by atoms with Crippen LogP contribution in [0.3, 0.4) is 0 Å². The van der Waals surface area contributed by atoms with Crippen molar-refractivity contribution in [3.63, 3.8) is 0 Å². The second-order valence-corrected chi connectivity index (χ2v) is 21.3. The zero-order valence-corrected chi connectivity index (χ0v) is 44.4. The summed E-state index contributed by atoms with van der Waals surface area (Å²) in [4.78, 5) is 10.9. The molecule has 0 saturated heterocycles. The number of para-hydroxylation sites is 7. The molecule has 0 unspecified atom stereocenters. The predicted molar refractivity (Wildman–Crippen MR) is 341 cm³/mol. The molecule has 0 N–H and O–H groups in total. The number of nitrogens with zero attached hydrogens (tertiary/aromatic N) is 6. The number of benzene rings is 12. The Labute approximate surface area is 471 Å². The minimum Gasteiger partial charge on any atom is -0.309 e. The molecule has 0 amide bonds. The van der Waals surface area contributed by atoms with Crippen LogP contribution in [0.1, 0.15) is 0 Å². The van der Waals surface area contributed by atoms with Crippen molar-refractivity contribution in [2.24, 2.45) is 0 Å². The zero-order chi connectivity index (χ0) is 53.8. The number of fused-ring (bicyclic) bond motifs is 12. The molecule has 0 aliphatic rings. The van der Waals surface area contributed by atoms with Gasteiger partial charge in [0.25, 0.3) is 0 Å². The van der Waals surface area contributed by atoms with E-state index in [9.17, 15) is 0 Å². The zero-order valence-electron chi connectivity index (χ0n) is 44.4. The second kappa shape index (κ2) is 18.2. The molecule has 0 bridgehead atoms. The normalized spacial score (nSPS) is 11.9. The molecule has 0 aliphatic carbocycles. The average Bonchev–Trinajstić information content (AvgIpc) is 2.72. The molecule has 0 saturated carbocycles. The Morgan fingerprint density at radius 3 is 1.02 bits per heavy atom. The Kier molecular flexibility index (Phi) is 10.2. The highest BCUT2D eigenvalue weighted by Crippen LogP contribution is 2.46. The highest BCUT2D eigenvalue weighted by Gasteiger charge is 2.25. The maximum absolute atomic E-state index is 5.43. The van der Waals surface area contributed by atoms with E-state index < -0.39 is 0 Å². The van der Waals surface area contributed by atoms with E-state index in [1.165, 1.54) is 54.1 Å². The second-order valence-electron chi connectivity index (χ2n) is 21.3. The fourth-order valence-corrected chi connectivity index (χ4v) is 13.2. The molecule has 0 aliphatic heterocycles. The highest BCUT2D eigenvalue weighted by atomic mass is 15.0. The van der Waals surface area contributed by atoms with E-state index in [0.29, 0.717) is 5.82 Å². The number of hydrogen-bond acceptors (Lipinski definition) is 2. The quantitative estimate of drug-likeness (QED) is 0.152. The lowest BCUT2D eigenvalue weighted by Gasteiger charge is -2.20. The summed E-state index contributed by atoms with van der Waals surface area (Å²) in [5.41, 5.74) is 20.3. The lowest BCUT2D eigenvalue weighted by Crippen LogP contribution is -2.03. The third-order valence-corrected chi connectivity index (χ3v) is 16.8. The lowest BCUT2D eigenvalue weighted by molar-refractivity contribution is 1.14. The van der Waals surface area contributed by atoms with Crippen LogP contribution in [-0.4, -0.2) is 28.2 Å². The maximum Gasteiger partial charge on any atom is 0.160 e. The summed E-state index contributed by atoms with van der Waals surface area (Å²) in [7, 11) is 0. The van der Waals surface area contributed by atoms with Gasteiger partial charge in [-0.3, -0.25) is 0 Å². The van der Waals surface area contributed by atoms with Gasteiger partial charge in [0, 0.05) is 82.3 Å². The topological polar surface area (TPSA) is 45.5 Å². The van der Waals surface area contributed by atoms with Gasteiger partial charge in [-0.05, 0) is 91.0 Å². The van der Waals surface area contributed by atoms with Crippen molar-refractivity contribution in [2.75, 3.05) is 0 Å². The summed E-state index contributed by atoms with van der Waals surface area (Å²) in [5, 5.41) is 9.64. The summed E-state index contributed by atoms with van der Waals surface area (Å²) in [6, 6.07) is 105. The molecule has 0 atom stereocenters. The van der Waals surface area contributed by atoms with Crippen LogP contribution in [-0.2, 0) is 0 Å². The Morgan fingerprint density at radius 1 is 0.207 bits per heavy atom. The average molecular weight is 1050 g/mol. The van der Waals surface area contributed by atoms with Crippen molar-refractivity contribution in [3.8, 4) is 67.8 Å². The molecule has 12 aromatic carbocycles. The number of aromatic nitrogens is 6. The Balaban J connectivity index is 0.978. The molecular weight excluding hydrogens is 997 g/mol. The SMILES string of the molecule is c1ccc(-c2cc(-c3ccccc3)nc(-c3ccc(-c4ccccc4-n4c5ccccc5c5cc6c7ccccc7n(-c7ccccc7)c6cc54)c(-n4c5ccccc5c5cc6c7ccccc7n(-c7ccccc7)c6cc54)c3)n2)cc1. The molecule has 5 heterocycles. The van der Waals surface area contributed by atoms with Gasteiger partial charge in [0.15, 0.2) is 5.82 Å². The Hall–Kier alpha value is -11.1. The number of rotatable bonds is 8. The van der Waals surface area contributed by atoms with Crippen molar-refractivity contribution in [1.82, 2.24) is 28.2 Å². The smallest absolute Gasteiger partial charge is 0.160 e. The first-order valence-electron chi connectivity index (χ1n) is 28.0. The molecule has 17 aromatic rings. The van der Waals surface area contributed by atoms with Gasteiger partial charge in [-0.1, -0.05) is 200 Å². The van der Waals surface area contributed by atoms with Crippen LogP contribution in [0.4, 0.5) is 0 Å². The third-order valence-electron chi connectivity index (χ3n) is 16.8. The maximum atomic E-state index is 5.43. The minimum absolute atomic E-state index is 0.647. The summed E-state index contributed by atoms with van der Waals surface area (Å²) < 4.78 is 9.84. The molecule has 5 aromatic heterocycles. The van der Waals surface area contributed by atoms with E-state index in [0.717, 1.165) is 95.1 Å². The van der Waals surface area contributed by atoms with E-state index in [1.54, 1.807) is 0 Å². The molecule has 82 heavy (non-hydrogen) atoms. The van der Waals surface area contributed by atoms with Crippen molar-refractivity contribution in [2.45, 2.75) is 0 Å². The Bertz CT molecular complexity index is 5320. The Morgan fingerprint density at radius 2 is 0.561 bits per heavy atom. The largest absolute Gasteiger partial charge is 0.309 e. The molecule has 6 heteroatoms.